The van der Waals surface area contributed by atoms with Gasteiger partial charge in [0.1, 0.15) is 12.6 Å². The predicted molar refractivity (Wildman–Crippen MR) is 110 cm³/mol. The van der Waals surface area contributed by atoms with Gasteiger partial charge in [0.25, 0.3) is 0 Å². The van der Waals surface area contributed by atoms with Crippen molar-refractivity contribution in [2.75, 3.05) is 44.7 Å². The van der Waals surface area contributed by atoms with E-state index in [2.05, 4.69) is 9.97 Å². The van der Waals surface area contributed by atoms with E-state index in [0.717, 1.165) is 18.5 Å². The molecule has 2 aromatic rings. The predicted octanol–water partition coefficient (Wildman–Crippen LogP) is 1.80. The second-order valence-electron chi connectivity index (χ2n) is 7.29. The lowest BCUT2D eigenvalue weighted by Crippen LogP contribution is -2.48. The molecule has 30 heavy (non-hydrogen) atoms. The molecule has 2 aliphatic rings. The van der Waals surface area contributed by atoms with E-state index < -0.39 is 0 Å². The highest BCUT2D eigenvalue weighted by Crippen LogP contribution is 2.21. The highest BCUT2D eigenvalue weighted by Gasteiger charge is 2.33. The Labute approximate surface area is 175 Å². The van der Waals surface area contributed by atoms with E-state index in [0.29, 0.717) is 32.1 Å². The number of urea groups is 1. The Kier molecular flexibility index (Phi) is 5.97. The third kappa shape index (κ3) is 4.45. The Morgan fingerprint density at radius 3 is 2.80 bits per heavy atom. The monoisotopic (exact) mass is 411 g/mol. The van der Waals surface area contributed by atoms with Crippen molar-refractivity contribution in [2.45, 2.75) is 18.9 Å². The van der Waals surface area contributed by atoms with Crippen molar-refractivity contribution < 1.29 is 19.1 Å². The van der Waals surface area contributed by atoms with Crippen molar-refractivity contribution >= 4 is 17.6 Å². The van der Waals surface area contributed by atoms with Gasteiger partial charge in [0.15, 0.2) is 0 Å². The van der Waals surface area contributed by atoms with Gasteiger partial charge in [0, 0.05) is 37.6 Å². The standard InChI is InChI=1S/C21H25N5O4/c1-29-20-22-10-9-18(23-20)30-17-8-5-11-24(14-17)19(27)15-25-12-13-26(21(25)28)16-6-3-2-4-7-16/h2-4,6-7,9-10,17H,5,8,11-15H2,1H3. The van der Waals surface area contributed by atoms with Crippen molar-refractivity contribution in [3.8, 4) is 11.9 Å². The highest BCUT2D eigenvalue weighted by molar-refractivity contribution is 5.96. The average molecular weight is 411 g/mol. The molecule has 0 N–H and O–H groups in total. The first-order valence-corrected chi connectivity index (χ1v) is 10.1. The number of carbonyl (C=O) groups excluding carboxylic acids is 2. The Morgan fingerprint density at radius 2 is 2.00 bits per heavy atom. The summed E-state index contributed by atoms with van der Waals surface area (Å²) < 4.78 is 11.0. The molecule has 0 aliphatic carbocycles. The molecule has 3 heterocycles. The summed E-state index contributed by atoms with van der Waals surface area (Å²) in [5.41, 5.74) is 0.851. The summed E-state index contributed by atoms with van der Waals surface area (Å²) >= 11 is 0. The summed E-state index contributed by atoms with van der Waals surface area (Å²) in [4.78, 5) is 38.8. The van der Waals surface area contributed by atoms with E-state index >= 15 is 0 Å². The van der Waals surface area contributed by atoms with Crippen LogP contribution in [0.25, 0.3) is 0 Å². The quantitative estimate of drug-likeness (QED) is 0.720. The molecule has 0 bridgehead atoms. The Bertz CT molecular complexity index is 894. The molecule has 4 rings (SSSR count). The number of likely N-dealkylation sites (tertiary alicyclic amines) is 1. The number of methoxy groups -OCH3 is 1. The van der Waals surface area contributed by atoms with Crippen LogP contribution in [-0.4, -0.2) is 77.6 Å². The van der Waals surface area contributed by atoms with E-state index in [1.807, 2.05) is 30.3 Å². The van der Waals surface area contributed by atoms with Gasteiger partial charge in [0.05, 0.1) is 13.7 Å². The normalized spacial score (nSPS) is 19.2. The lowest BCUT2D eigenvalue weighted by Gasteiger charge is -2.33. The number of rotatable bonds is 6. The molecule has 9 heteroatoms. The topological polar surface area (TPSA) is 88.1 Å². The molecule has 2 aliphatic heterocycles. The van der Waals surface area contributed by atoms with Gasteiger partial charge in [-0.15, -0.1) is 0 Å². The molecule has 0 spiro atoms. The van der Waals surface area contributed by atoms with Crippen molar-refractivity contribution in [1.29, 1.82) is 0 Å². The van der Waals surface area contributed by atoms with Crippen molar-refractivity contribution in [1.82, 2.24) is 19.8 Å². The van der Waals surface area contributed by atoms with Gasteiger partial charge in [-0.1, -0.05) is 18.2 Å². The zero-order valence-electron chi connectivity index (χ0n) is 16.9. The number of ether oxygens (including phenoxy) is 2. The van der Waals surface area contributed by atoms with E-state index in [1.54, 1.807) is 27.0 Å². The van der Waals surface area contributed by atoms with Gasteiger partial charge in [-0.2, -0.15) is 4.98 Å². The highest BCUT2D eigenvalue weighted by atomic mass is 16.5. The number of para-hydroxylation sites is 1. The molecular formula is C21H25N5O4. The molecule has 2 saturated heterocycles. The van der Waals surface area contributed by atoms with Crippen LogP contribution in [-0.2, 0) is 4.79 Å². The van der Waals surface area contributed by atoms with E-state index in [4.69, 9.17) is 9.47 Å². The van der Waals surface area contributed by atoms with E-state index in [9.17, 15) is 9.59 Å². The molecule has 1 unspecified atom stereocenters. The van der Waals surface area contributed by atoms with E-state index in [-0.39, 0.29) is 30.6 Å². The summed E-state index contributed by atoms with van der Waals surface area (Å²) in [5.74, 6) is 0.362. The number of hydrogen-bond donors (Lipinski definition) is 0. The number of carbonyl (C=O) groups is 2. The fourth-order valence-electron chi connectivity index (χ4n) is 3.76. The number of anilines is 1. The molecule has 1 aromatic heterocycles. The fraction of sp³-hybridized carbons (Fsp3) is 0.429. The summed E-state index contributed by atoms with van der Waals surface area (Å²) in [6.07, 6.45) is 3.09. The third-order valence-electron chi connectivity index (χ3n) is 5.30. The fourth-order valence-corrected chi connectivity index (χ4v) is 3.76. The van der Waals surface area contributed by atoms with Crippen LogP contribution in [0.4, 0.5) is 10.5 Å². The molecule has 3 amide bonds. The molecule has 1 atom stereocenters. The Balaban J connectivity index is 1.33. The summed E-state index contributed by atoms with van der Waals surface area (Å²) in [6, 6.07) is 11.3. The number of aromatic nitrogens is 2. The molecule has 0 radical (unpaired) electrons. The Morgan fingerprint density at radius 1 is 1.17 bits per heavy atom. The molecule has 158 valence electrons. The molecule has 2 fully saturated rings. The minimum atomic E-state index is -0.155. The maximum atomic E-state index is 12.9. The number of amides is 3. The van der Waals surface area contributed by atoms with Crippen LogP contribution in [0.1, 0.15) is 12.8 Å². The first-order valence-electron chi connectivity index (χ1n) is 10.1. The largest absolute Gasteiger partial charge is 0.472 e. The second-order valence-corrected chi connectivity index (χ2v) is 7.29. The summed E-state index contributed by atoms with van der Waals surface area (Å²) in [5, 5.41) is 0. The maximum absolute atomic E-state index is 12.9. The van der Waals surface area contributed by atoms with Crippen LogP contribution < -0.4 is 14.4 Å². The minimum Gasteiger partial charge on any atom is -0.472 e. The van der Waals surface area contributed by atoms with Crippen LogP contribution in [0.5, 0.6) is 11.9 Å². The minimum absolute atomic E-state index is 0.0631. The summed E-state index contributed by atoms with van der Waals surface area (Å²) in [7, 11) is 1.50. The van der Waals surface area contributed by atoms with Crippen molar-refractivity contribution in [3.63, 3.8) is 0 Å². The smallest absolute Gasteiger partial charge is 0.325 e. The lowest BCUT2D eigenvalue weighted by molar-refractivity contribution is -0.134. The van der Waals surface area contributed by atoms with Gasteiger partial charge < -0.3 is 19.3 Å². The van der Waals surface area contributed by atoms with Crippen molar-refractivity contribution in [3.05, 3.63) is 42.6 Å². The third-order valence-corrected chi connectivity index (χ3v) is 5.30. The van der Waals surface area contributed by atoms with Gasteiger partial charge >= 0.3 is 12.0 Å². The Hall–Kier alpha value is -3.36. The first kappa shape index (κ1) is 19.9. The van der Waals surface area contributed by atoms with Crippen molar-refractivity contribution in [2.24, 2.45) is 0 Å². The summed E-state index contributed by atoms with van der Waals surface area (Å²) in [6.45, 7) is 2.33. The zero-order chi connectivity index (χ0) is 20.9. The molecular weight excluding hydrogens is 386 g/mol. The SMILES string of the molecule is COc1nccc(OC2CCCN(C(=O)CN3CCN(c4ccccc4)C3=O)C2)n1. The van der Waals surface area contributed by atoms with Gasteiger partial charge in [0.2, 0.25) is 11.8 Å². The number of piperidine rings is 1. The lowest BCUT2D eigenvalue weighted by atomic mass is 10.1. The van der Waals surface area contributed by atoms with Gasteiger partial charge in [-0.05, 0) is 25.0 Å². The number of nitrogens with zero attached hydrogens (tertiary/aromatic N) is 5. The maximum Gasteiger partial charge on any atom is 0.325 e. The number of hydrogen-bond acceptors (Lipinski definition) is 6. The molecule has 9 nitrogen and oxygen atoms in total. The van der Waals surface area contributed by atoms with Gasteiger partial charge in [-0.3, -0.25) is 9.69 Å². The second kappa shape index (κ2) is 8.98. The van der Waals surface area contributed by atoms with Crippen LogP contribution in [0.3, 0.4) is 0 Å². The average Bonchev–Trinajstić information content (AvgIpc) is 3.14. The molecule has 0 saturated carbocycles. The first-order chi connectivity index (χ1) is 14.6. The van der Waals surface area contributed by atoms with E-state index in [1.165, 1.54) is 7.11 Å². The van der Waals surface area contributed by atoms with Gasteiger partial charge in [-0.25, -0.2) is 9.78 Å². The van der Waals surface area contributed by atoms with Crippen LogP contribution in [0.2, 0.25) is 0 Å². The van der Waals surface area contributed by atoms with Crippen LogP contribution >= 0.6 is 0 Å². The van der Waals surface area contributed by atoms with Crippen LogP contribution in [0.15, 0.2) is 42.6 Å². The van der Waals surface area contributed by atoms with Crippen LogP contribution in [0, 0.1) is 0 Å². The zero-order valence-corrected chi connectivity index (χ0v) is 16.9. The molecule has 1 aromatic carbocycles. The number of benzene rings is 1.